The Kier molecular flexibility index (Phi) is 2.87. The molecule has 0 aliphatic carbocycles. The molecule has 1 fully saturated rings. The highest BCUT2D eigenvalue weighted by atomic mass is 16.3. The molecule has 1 aliphatic rings. The molecule has 73 valence electrons. The summed E-state index contributed by atoms with van der Waals surface area (Å²) in [7, 11) is 0. The van der Waals surface area contributed by atoms with E-state index in [1.165, 1.54) is 11.8 Å². The Bertz CT molecular complexity index is 227. The van der Waals surface area contributed by atoms with Gasteiger partial charge in [-0.25, -0.2) is 0 Å². The first-order valence-electron chi connectivity index (χ1n) is 4.15. The minimum atomic E-state index is -1.08. The minimum absolute atomic E-state index is 0.447. The molecule has 0 aromatic carbocycles. The van der Waals surface area contributed by atoms with Gasteiger partial charge in [-0.1, -0.05) is 0 Å². The lowest BCUT2D eigenvalue weighted by Gasteiger charge is -2.23. The van der Waals surface area contributed by atoms with E-state index >= 15 is 0 Å². The molecule has 2 atom stereocenters. The summed E-state index contributed by atoms with van der Waals surface area (Å²) in [5, 5.41) is 9.02. The molecule has 2 amide bonds. The van der Waals surface area contributed by atoms with Gasteiger partial charge in [-0.2, -0.15) is 0 Å². The highest BCUT2D eigenvalue weighted by Gasteiger charge is 2.34. The van der Waals surface area contributed by atoms with Crippen LogP contribution in [0.3, 0.4) is 0 Å². The van der Waals surface area contributed by atoms with E-state index in [-0.39, 0.29) is 0 Å². The zero-order valence-electron chi connectivity index (χ0n) is 7.43. The van der Waals surface area contributed by atoms with E-state index in [4.69, 9.17) is 10.8 Å². The van der Waals surface area contributed by atoms with Crippen molar-refractivity contribution in [3.63, 3.8) is 0 Å². The molecule has 0 unspecified atom stereocenters. The van der Waals surface area contributed by atoms with E-state index < -0.39 is 24.0 Å². The number of nitrogens with two attached hydrogens (primary N) is 1. The lowest BCUT2D eigenvalue weighted by Crippen LogP contribution is -2.47. The molecule has 0 spiro atoms. The second-order valence-corrected chi connectivity index (χ2v) is 3.08. The molecule has 1 saturated heterocycles. The number of carbonyl (C=O) groups excluding carboxylic acids is 2. The van der Waals surface area contributed by atoms with Crippen LogP contribution in [0, 0.1) is 6.42 Å². The van der Waals surface area contributed by atoms with Gasteiger partial charge in [-0.3, -0.25) is 9.59 Å². The second-order valence-electron chi connectivity index (χ2n) is 3.08. The lowest BCUT2D eigenvalue weighted by atomic mass is 10.2. The van der Waals surface area contributed by atoms with Crippen LogP contribution in [0.2, 0.25) is 0 Å². The highest BCUT2D eigenvalue weighted by molar-refractivity contribution is 5.90. The Labute approximate surface area is 76.5 Å². The summed E-state index contributed by atoms with van der Waals surface area (Å²) in [6.07, 6.45) is 1.25. The molecule has 5 nitrogen and oxygen atoms in total. The average molecular weight is 185 g/mol. The van der Waals surface area contributed by atoms with Crippen molar-refractivity contribution in [2.24, 2.45) is 5.73 Å². The van der Waals surface area contributed by atoms with Crippen molar-refractivity contribution >= 4 is 11.8 Å². The molecule has 1 heterocycles. The van der Waals surface area contributed by atoms with Crippen molar-refractivity contribution < 1.29 is 14.7 Å². The first kappa shape index (κ1) is 9.98. The maximum Gasteiger partial charge on any atom is 0.251 e. The maximum atomic E-state index is 11.3. The third-order valence-electron chi connectivity index (χ3n) is 2.03. The van der Waals surface area contributed by atoms with E-state index in [1.54, 1.807) is 6.42 Å². The zero-order chi connectivity index (χ0) is 10.0. The summed E-state index contributed by atoms with van der Waals surface area (Å²) in [6.45, 7) is 1.83. The number of hydrogen-bond donors (Lipinski definition) is 2. The zero-order valence-corrected chi connectivity index (χ0v) is 7.43. The van der Waals surface area contributed by atoms with E-state index in [0.29, 0.717) is 13.0 Å². The predicted molar refractivity (Wildman–Crippen MR) is 45.3 cm³/mol. The van der Waals surface area contributed by atoms with Crippen molar-refractivity contribution in [3.05, 3.63) is 6.42 Å². The van der Waals surface area contributed by atoms with Gasteiger partial charge < -0.3 is 15.7 Å². The largest absolute Gasteiger partial charge is 0.384 e. The molecular formula is C8H13N2O3. The molecule has 0 aromatic heterocycles. The van der Waals surface area contributed by atoms with E-state index in [2.05, 4.69) is 0 Å². The number of amides is 2. The van der Waals surface area contributed by atoms with Crippen molar-refractivity contribution in [1.82, 2.24) is 4.90 Å². The summed E-state index contributed by atoms with van der Waals surface area (Å²) < 4.78 is 0. The number of rotatable bonds is 2. The van der Waals surface area contributed by atoms with Gasteiger partial charge in [0.1, 0.15) is 12.1 Å². The topological polar surface area (TPSA) is 83.6 Å². The van der Waals surface area contributed by atoms with Crippen LogP contribution in [0.1, 0.15) is 13.3 Å². The number of likely N-dealkylation sites (tertiary alicyclic amines) is 1. The van der Waals surface area contributed by atoms with Gasteiger partial charge in [0.05, 0.1) is 0 Å². The van der Waals surface area contributed by atoms with Gasteiger partial charge in [0.15, 0.2) is 0 Å². The van der Waals surface area contributed by atoms with Crippen LogP contribution in [-0.4, -0.2) is 40.5 Å². The standard InChI is InChI=1S/C8H13N2O3/c1-5(11)8(13)10-4-2-3-6(10)7(9)12/h3,5-6,11H,2,4H2,1H3,(H2,9,12)/t5-,6-/m0/s1. The fourth-order valence-corrected chi connectivity index (χ4v) is 1.39. The van der Waals surface area contributed by atoms with E-state index in [9.17, 15) is 9.59 Å². The summed E-state index contributed by atoms with van der Waals surface area (Å²) in [5.41, 5.74) is 5.08. The average Bonchev–Trinajstić information content (AvgIpc) is 2.50. The van der Waals surface area contributed by atoms with E-state index in [1.807, 2.05) is 0 Å². The SMILES string of the molecule is C[C@H](O)C(=O)N1CC[CH][C@H]1C(N)=O. The first-order valence-corrected chi connectivity index (χ1v) is 4.15. The molecular weight excluding hydrogens is 172 g/mol. The molecule has 1 rings (SSSR count). The predicted octanol–water partition coefficient (Wildman–Crippen LogP) is -1.34. The Morgan fingerprint density at radius 3 is 2.77 bits per heavy atom. The summed E-state index contributed by atoms with van der Waals surface area (Å²) in [6, 6.07) is -0.651. The number of nitrogens with zero attached hydrogens (tertiary/aromatic N) is 1. The number of primary amides is 1. The summed E-state index contributed by atoms with van der Waals surface area (Å²) >= 11 is 0. The van der Waals surface area contributed by atoms with Crippen molar-refractivity contribution in [2.75, 3.05) is 6.54 Å². The molecule has 3 N–H and O–H groups in total. The van der Waals surface area contributed by atoms with Gasteiger partial charge in [-0.15, -0.1) is 0 Å². The Hall–Kier alpha value is -1.10. The van der Waals surface area contributed by atoms with Gasteiger partial charge >= 0.3 is 0 Å². The Morgan fingerprint density at radius 2 is 2.31 bits per heavy atom. The summed E-state index contributed by atoms with van der Waals surface area (Å²) in [4.78, 5) is 23.5. The normalized spacial score (nSPS) is 24.5. The van der Waals surface area contributed by atoms with Crippen LogP contribution in [0.25, 0.3) is 0 Å². The molecule has 0 saturated carbocycles. The number of aliphatic hydroxyl groups is 1. The molecule has 5 heteroatoms. The van der Waals surface area contributed by atoms with E-state index in [0.717, 1.165) is 0 Å². The molecule has 0 bridgehead atoms. The molecule has 1 aliphatic heterocycles. The van der Waals surface area contributed by atoms with Crippen LogP contribution in [0.4, 0.5) is 0 Å². The van der Waals surface area contributed by atoms with Gasteiger partial charge in [0, 0.05) is 6.54 Å². The van der Waals surface area contributed by atoms with Crippen LogP contribution >= 0.6 is 0 Å². The van der Waals surface area contributed by atoms with Gasteiger partial charge in [0.2, 0.25) is 5.91 Å². The molecule has 1 radical (unpaired) electrons. The van der Waals surface area contributed by atoms with Gasteiger partial charge in [-0.05, 0) is 19.8 Å². The number of carbonyl (C=O) groups is 2. The smallest absolute Gasteiger partial charge is 0.251 e. The fourth-order valence-electron chi connectivity index (χ4n) is 1.39. The number of hydrogen-bond acceptors (Lipinski definition) is 3. The summed E-state index contributed by atoms with van der Waals surface area (Å²) in [5.74, 6) is -0.996. The monoisotopic (exact) mass is 185 g/mol. The van der Waals surface area contributed by atoms with Crippen LogP contribution in [0.15, 0.2) is 0 Å². The third kappa shape index (κ3) is 1.98. The fraction of sp³-hybridized carbons (Fsp3) is 0.625. The van der Waals surface area contributed by atoms with Gasteiger partial charge in [0.25, 0.3) is 5.91 Å². The molecule has 13 heavy (non-hydrogen) atoms. The maximum absolute atomic E-state index is 11.3. The lowest BCUT2D eigenvalue weighted by molar-refractivity contribution is -0.143. The first-order chi connectivity index (χ1) is 6.04. The highest BCUT2D eigenvalue weighted by Crippen LogP contribution is 2.16. The van der Waals surface area contributed by atoms with Crippen molar-refractivity contribution in [1.29, 1.82) is 0 Å². The van der Waals surface area contributed by atoms with Crippen LogP contribution in [0.5, 0.6) is 0 Å². The quantitative estimate of drug-likeness (QED) is 0.558. The van der Waals surface area contributed by atoms with Crippen molar-refractivity contribution in [2.45, 2.75) is 25.5 Å². The second kappa shape index (κ2) is 3.74. The number of aliphatic hydroxyl groups excluding tert-OH is 1. The minimum Gasteiger partial charge on any atom is -0.384 e. The van der Waals surface area contributed by atoms with Crippen LogP contribution in [-0.2, 0) is 9.59 Å². The van der Waals surface area contributed by atoms with Crippen LogP contribution < -0.4 is 5.73 Å². The Balaban J connectivity index is 2.68. The third-order valence-corrected chi connectivity index (χ3v) is 2.03. The van der Waals surface area contributed by atoms with Crippen molar-refractivity contribution in [3.8, 4) is 0 Å². The Morgan fingerprint density at radius 1 is 1.69 bits per heavy atom. The molecule has 0 aromatic rings.